The molecule has 0 saturated heterocycles. The molecule has 0 saturated carbocycles. The number of amides is 1. The van der Waals surface area contributed by atoms with Crippen LogP contribution in [0.2, 0.25) is 5.02 Å². The third-order valence-corrected chi connectivity index (χ3v) is 7.01. The van der Waals surface area contributed by atoms with Crippen LogP contribution >= 0.6 is 11.6 Å². The second kappa shape index (κ2) is 11.2. The summed E-state index contributed by atoms with van der Waals surface area (Å²) in [6, 6.07) is 21.9. The SMILES string of the molecule is Cc1ccccc1CCN(CC(=O)O)C(=O)CCc1ccc2c(c1)C[C@](C)(Cc1ccc(Cl)cc1)O2. The first-order chi connectivity index (χ1) is 17.2. The summed E-state index contributed by atoms with van der Waals surface area (Å²) in [4.78, 5) is 25.8. The number of hydrogen-bond acceptors (Lipinski definition) is 3. The minimum Gasteiger partial charge on any atom is -0.487 e. The number of benzene rings is 3. The van der Waals surface area contributed by atoms with E-state index in [1.54, 1.807) is 0 Å². The van der Waals surface area contributed by atoms with Crippen LogP contribution in [0.4, 0.5) is 0 Å². The molecule has 1 N–H and O–H groups in total. The van der Waals surface area contributed by atoms with Gasteiger partial charge in [0.25, 0.3) is 0 Å². The van der Waals surface area contributed by atoms with E-state index >= 15 is 0 Å². The number of rotatable bonds is 10. The number of carboxylic acids is 1. The average molecular weight is 506 g/mol. The first kappa shape index (κ1) is 25.8. The number of ether oxygens (including phenoxy) is 1. The molecule has 0 aliphatic carbocycles. The summed E-state index contributed by atoms with van der Waals surface area (Å²) in [5.74, 6) is -0.259. The Morgan fingerprint density at radius 2 is 1.75 bits per heavy atom. The summed E-state index contributed by atoms with van der Waals surface area (Å²) in [5, 5.41) is 10.0. The van der Waals surface area contributed by atoms with Gasteiger partial charge >= 0.3 is 5.97 Å². The van der Waals surface area contributed by atoms with Gasteiger partial charge in [-0.3, -0.25) is 9.59 Å². The van der Waals surface area contributed by atoms with E-state index in [4.69, 9.17) is 16.3 Å². The van der Waals surface area contributed by atoms with E-state index in [2.05, 4.69) is 13.0 Å². The highest BCUT2D eigenvalue weighted by Gasteiger charge is 2.35. The van der Waals surface area contributed by atoms with Crippen LogP contribution in [0.25, 0.3) is 0 Å². The molecule has 3 aromatic rings. The summed E-state index contributed by atoms with van der Waals surface area (Å²) in [5.41, 5.74) is 5.29. The standard InChI is InChI=1S/C30H32ClNO4/c1-21-5-3-4-6-24(21)15-16-32(20-29(34)35)28(33)14-10-22-9-13-27-25(17-22)19-30(2,36-27)18-23-7-11-26(31)12-8-23/h3-9,11-13,17H,10,14-16,18-20H2,1-2H3,(H,34,35)/t30-/m0/s1. The molecule has 1 aliphatic rings. The van der Waals surface area contributed by atoms with E-state index < -0.39 is 5.97 Å². The van der Waals surface area contributed by atoms with E-state index in [-0.39, 0.29) is 24.5 Å². The van der Waals surface area contributed by atoms with Crippen LogP contribution in [0.1, 0.15) is 41.2 Å². The Hall–Kier alpha value is -3.31. The molecular weight excluding hydrogens is 474 g/mol. The van der Waals surface area contributed by atoms with Crippen molar-refractivity contribution < 1.29 is 19.4 Å². The van der Waals surface area contributed by atoms with Gasteiger partial charge in [-0.1, -0.05) is 60.1 Å². The van der Waals surface area contributed by atoms with Crippen LogP contribution in [0, 0.1) is 6.92 Å². The predicted molar refractivity (Wildman–Crippen MR) is 142 cm³/mol. The van der Waals surface area contributed by atoms with Crippen LogP contribution in [-0.4, -0.2) is 40.6 Å². The smallest absolute Gasteiger partial charge is 0.323 e. The fourth-order valence-electron chi connectivity index (χ4n) is 4.87. The molecule has 3 aromatic carbocycles. The highest BCUT2D eigenvalue weighted by atomic mass is 35.5. The Morgan fingerprint density at radius 1 is 1.03 bits per heavy atom. The van der Waals surface area contributed by atoms with Gasteiger partial charge in [-0.25, -0.2) is 0 Å². The van der Waals surface area contributed by atoms with Crippen molar-refractivity contribution in [1.82, 2.24) is 4.90 Å². The van der Waals surface area contributed by atoms with Gasteiger partial charge in [-0.2, -0.15) is 0 Å². The maximum absolute atomic E-state index is 13.0. The third kappa shape index (κ3) is 6.67. The number of nitrogens with zero attached hydrogens (tertiary/aromatic N) is 1. The third-order valence-electron chi connectivity index (χ3n) is 6.76. The van der Waals surface area contributed by atoms with Gasteiger partial charge in [-0.15, -0.1) is 0 Å². The number of halogens is 1. The van der Waals surface area contributed by atoms with Crippen LogP contribution < -0.4 is 4.74 Å². The molecule has 188 valence electrons. The van der Waals surface area contributed by atoms with Crippen molar-refractivity contribution in [3.8, 4) is 5.75 Å². The zero-order valence-electron chi connectivity index (χ0n) is 20.8. The summed E-state index contributed by atoms with van der Waals surface area (Å²) in [6.45, 7) is 4.24. The van der Waals surface area contributed by atoms with Gasteiger partial charge in [0, 0.05) is 30.8 Å². The number of fused-ring (bicyclic) bond motifs is 1. The fraction of sp³-hybridized carbons (Fsp3) is 0.333. The second-order valence-electron chi connectivity index (χ2n) is 9.86. The number of carbonyl (C=O) groups excluding carboxylic acids is 1. The molecule has 0 unspecified atom stereocenters. The van der Waals surface area contributed by atoms with E-state index in [1.165, 1.54) is 10.5 Å². The predicted octanol–water partition coefficient (Wildman–Crippen LogP) is 5.67. The molecular formula is C30H32ClNO4. The number of hydrogen-bond donors (Lipinski definition) is 1. The van der Waals surface area contributed by atoms with Crippen LogP contribution in [0.15, 0.2) is 66.7 Å². The topological polar surface area (TPSA) is 66.8 Å². The van der Waals surface area contributed by atoms with Crippen molar-refractivity contribution in [2.75, 3.05) is 13.1 Å². The molecule has 36 heavy (non-hydrogen) atoms. The molecule has 1 aliphatic heterocycles. The molecule has 4 rings (SSSR count). The van der Waals surface area contributed by atoms with Crippen molar-refractivity contribution in [2.45, 2.75) is 51.6 Å². The number of carbonyl (C=O) groups is 2. The fourth-order valence-corrected chi connectivity index (χ4v) is 5.00. The summed E-state index contributed by atoms with van der Waals surface area (Å²) < 4.78 is 6.30. The molecule has 0 fully saturated rings. The lowest BCUT2D eigenvalue weighted by atomic mass is 9.91. The molecule has 0 bridgehead atoms. The Labute approximate surface area is 217 Å². The first-order valence-electron chi connectivity index (χ1n) is 12.3. The minimum absolute atomic E-state index is 0.143. The number of aryl methyl sites for hydroxylation is 2. The summed E-state index contributed by atoms with van der Waals surface area (Å²) in [7, 11) is 0. The van der Waals surface area contributed by atoms with E-state index in [9.17, 15) is 14.7 Å². The second-order valence-corrected chi connectivity index (χ2v) is 10.3. The maximum Gasteiger partial charge on any atom is 0.323 e. The maximum atomic E-state index is 13.0. The van der Waals surface area contributed by atoms with E-state index in [1.807, 2.05) is 67.6 Å². The summed E-state index contributed by atoms with van der Waals surface area (Å²) >= 11 is 6.01. The Balaban J connectivity index is 1.36. The molecule has 0 aromatic heterocycles. The van der Waals surface area contributed by atoms with Crippen LogP contribution in [0.5, 0.6) is 5.75 Å². The lowest BCUT2D eigenvalue weighted by molar-refractivity contribution is -0.144. The van der Waals surface area contributed by atoms with Crippen molar-refractivity contribution in [3.63, 3.8) is 0 Å². The molecule has 1 atom stereocenters. The van der Waals surface area contributed by atoms with Crippen molar-refractivity contribution in [2.24, 2.45) is 0 Å². The molecule has 6 heteroatoms. The Bertz CT molecular complexity index is 1240. The normalized spacial score (nSPS) is 16.3. The van der Waals surface area contributed by atoms with Crippen molar-refractivity contribution >= 4 is 23.5 Å². The van der Waals surface area contributed by atoms with Gasteiger partial charge in [0.2, 0.25) is 5.91 Å². The lowest BCUT2D eigenvalue weighted by Gasteiger charge is -2.24. The lowest BCUT2D eigenvalue weighted by Crippen LogP contribution is -2.37. The average Bonchev–Trinajstić information content (AvgIpc) is 3.17. The van der Waals surface area contributed by atoms with Gasteiger partial charge in [-0.05, 0) is 72.7 Å². The van der Waals surface area contributed by atoms with Crippen molar-refractivity contribution in [1.29, 1.82) is 0 Å². The molecule has 0 spiro atoms. The summed E-state index contributed by atoms with van der Waals surface area (Å²) in [6.07, 6.45) is 3.02. The Kier molecular flexibility index (Phi) is 8.00. The Morgan fingerprint density at radius 3 is 2.47 bits per heavy atom. The van der Waals surface area contributed by atoms with Gasteiger partial charge in [0.05, 0.1) is 0 Å². The molecule has 5 nitrogen and oxygen atoms in total. The number of carboxylic acid groups (broad SMARTS) is 1. The van der Waals surface area contributed by atoms with Gasteiger partial charge < -0.3 is 14.7 Å². The zero-order valence-corrected chi connectivity index (χ0v) is 21.6. The highest BCUT2D eigenvalue weighted by molar-refractivity contribution is 6.30. The first-order valence-corrected chi connectivity index (χ1v) is 12.7. The van der Waals surface area contributed by atoms with E-state index in [0.29, 0.717) is 19.4 Å². The minimum atomic E-state index is -0.997. The molecule has 0 radical (unpaired) electrons. The number of aliphatic carboxylic acids is 1. The quantitative estimate of drug-likeness (QED) is 0.385. The van der Waals surface area contributed by atoms with Gasteiger partial charge in [0.1, 0.15) is 17.9 Å². The zero-order chi connectivity index (χ0) is 25.7. The van der Waals surface area contributed by atoms with Crippen molar-refractivity contribution in [3.05, 3.63) is 99.6 Å². The highest BCUT2D eigenvalue weighted by Crippen LogP contribution is 2.37. The van der Waals surface area contributed by atoms with E-state index in [0.717, 1.165) is 45.9 Å². The van der Waals surface area contributed by atoms with Crippen LogP contribution in [0.3, 0.4) is 0 Å². The largest absolute Gasteiger partial charge is 0.487 e. The monoisotopic (exact) mass is 505 g/mol. The van der Waals surface area contributed by atoms with Gasteiger partial charge in [0.15, 0.2) is 0 Å². The molecule has 1 heterocycles. The molecule has 1 amide bonds. The van der Waals surface area contributed by atoms with Crippen LogP contribution in [-0.2, 0) is 35.3 Å².